The molecular formula is C23H3F9N6. The zero-order valence-corrected chi connectivity index (χ0v) is 17.8. The van der Waals surface area contributed by atoms with Crippen LogP contribution in [0.4, 0.5) is 39.5 Å². The molecule has 38 heavy (non-hydrogen) atoms. The summed E-state index contributed by atoms with van der Waals surface area (Å²) in [6.07, 6.45) is -18.0. The smallest absolute Gasteiger partial charge is 0.192 e. The van der Waals surface area contributed by atoms with Gasteiger partial charge in [0.1, 0.15) is 42.0 Å². The lowest BCUT2D eigenvalue weighted by atomic mass is 9.86. The minimum absolute atomic E-state index is 0.474. The van der Waals surface area contributed by atoms with Gasteiger partial charge in [0.15, 0.2) is 0 Å². The van der Waals surface area contributed by atoms with E-state index in [0.717, 1.165) is 6.07 Å². The third-order valence-electron chi connectivity index (χ3n) is 4.88. The van der Waals surface area contributed by atoms with Crippen molar-refractivity contribution < 1.29 is 39.5 Å². The van der Waals surface area contributed by atoms with Gasteiger partial charge in [-0.05, 0) is 6.07 Å². The molecule has 15 heteroatoms. The van der Waals surface area contributed by atoms with E-state index in [2.05, 4.69) is 0 Å². The summed E-state index contributed by atoms with van der Waals surface area (Å²) in [6.45, 7) is 0. The van der Waals surface area contributed by atoms with Crippen molar-refractivity contribution in [3.05, 3.63) is 67.6 Å². The van der Waals surface area contributed by atoms with E-state index < -0.39 is 85.1 Å². The molecule has 0 spiro atoms. The van der Waals surface area contributed by atoms with Gasteiger partial charge < -0.3 is 0 Å². The lowest BCUT2D eigenvalue weighted by Crippen LogP contribution is -2.26. The van der Waals surface area contributed by atoms with Crippen LogP contribution < -0.4 is 10.4 Å². The number of benzene rings is 2. The van der Waals surface area contributed by atoms with E-state index in [-0.39, 0.29) is 0 Å². The molecule has 0 atom stereocenters. The molecule has 0 aliphatic heterocycles. The van der Waals surface area contributed by atoms with Crippen molar-refractivity contribution in [2.24, 2.45) is 0 Å². The molecule has 2 aromatic carbocycles. The van der Waals surface area contributed by atoms with Gasteiger partial charge in [0.05, 0.1) is 39.0 Å². The Morgan fingerprint density at radius 2 is 1.00 bits per heavy atom. The summed E-state index contributed by atoms with van der Waals surface area (Å²) in [6, 6.07) is 7.79. The van der Waals surface area contributed by atoms with Crippen LogP contribution in [0.5, 0.6) is 0 Å². The van der Waals surface area contributed by atoms with Crippen LogP contribution in [0.15, 0.2) is 18.2 Å². The Hall–Kier alpha value is -5.51. The minimum Gasteiger partial charge on any atom is -0.192 e. The molecule has 0 aromatic heterocycles. The number of alkyl halides is 9. The Bertz CT molecular complexity index is 1720. The maximum atomic E-state index is 14.0. The van der Waals surface area contributed by atoms with E-state index in [1.807, 2.05) is 0 Å². The number of nitriles is 6. The van der Waals surface area contributed by atoms with Crippen molar-refractivity contribution in [3.63, 3.8) is 0 Å². The first-order valence-corrected chi connectivity index (χ1v) is 9.28. The standard InChI is InChI=1S/C23H3F9N6/c24-21(25,26)18-3-13(19(22(27,28)29)20(17(18)9-38)23(30,31)32)15(7-36)12-2-1-11(10(4-33)5-34)14(6-35)16(12)8-37/h1-3H/b15-12+. The highest BCUT2D eigenvalue weighted by Gasteiger charge is 2.50. The van der Waals surface area contributed by atoms with E-state index in [4.69, 9.17) is 15.8 Å². The largest absolute Gasteiger partial charge is 0.418 e. The number of hydrogen-bond donors (Lipinski definition) is 0. The summed E-state index contributed by atoms with van der Waals surface area (Å²) < 4.78 is 124. The molecule has 0 saturated heterocycles. The molecule has 0 radical (unpaired) electrons. The zero-order valence-electron chi connectivity index (χ0n) is 17.8. The second kappa shape index (κ2) is 9.86. The lowest BCUT2D eigenvalue weighted by molar-refractivity contribution is -0.164. The highest BCUT2D eigenvalue weighted by atomic mass is 19.4. The average molecular weight is 534 g/mol. The third-order valence-corrected chi connectivity index (χ3v) is 4.88. The van der Waals surface area contributed by atoms with Gasteiger partial charge in [-0.15, -0.1) is 0 Å². The van der Waals surface area contributed by atoms with E-state index in [1.165, 1.54) is 24.3 Å². The Labute approximate surface area is 205 Å². The van der Waals surface area contributed by atoms with Crippen LogP contribution in [-0.4, -0.2) is 0 Å². The van der Waals surface area contributed by atoms with Gasteiger partial charge in [-0.1, -0.05) is 12.1 Å². The number of rotatable bonds is 1. The maximum absolute atomic E-state index is 14.0. The second-order valence-electron chi connectivity index (χ2n) is 6.92. The fourth-order valence-corrected chi connectivity index (χ4v) is 3.46. The third kappa shape index (κ3) is 4.91. The van der Waals surface area contributed by atoms with Gasteiger partial charge in [-0.2, -0.15) is 71.1 Å². The van der Waals surface area contributed by atoms with Gasteiger partial charge >= 0.3 is 18.5 Å². The van der Waals surface area contributed by atoms with Crippen molar-refractivity contribution in [1.29, 1.82) is 31.6 Å². The molecule has 2 aromatic rings. The topological polar surface area (TPSA) is 143 Å². The van der Waals surface area contributed by atoms with Crippen LogP contribution in [0.25, 0.3) is 11.1 Å². The minimum atomic E-state index is -6.17. The first kappa shape index (κ1) is 28.7. The highest BCUT2D eigenvalue weighted by Crippen LogP contribution is 2.48. The molecule has 0 aliphatic carbocycles. The van der Waals surface area contributed by atoms with Crippen molar-refractivity contribution in [2.75, 3.05) is 0 Å². The first-order valence-electron chi connectivity index (χ1n) is 9.28. The molecule has 6 nitrogen and oxygen atoms in total. The summed E-state index contributed by atoms with van der Waals surface area (Å²) in [5, 5.41) is 54.1. The van der Waals surface area contributed by atoms with Crippen molar-refractivity contribution in [1.82, 2.24) is 0 Å². The predicted molar refractivity (Wildman–Crippen MR) is 104 cm³/mol. The van der Waals surface area contributed by atoms with E-state index >= 15 is 0 Å². The Morgan fingerprint density at radius 1 is 0.553 bits per heavy atom. The van der Waals surface area contributed by atoms with Crippen LogP contribution in [0.1, 0.15) is 38.9 Å². The van der Waals surface area contributed by atoms with Gasteiger partial charge in [0, 0.05) is 16.0 Å². The van der Waals surface area contributed by atoms with Crippen LogP contribution in [0.3, 0.4) is 0 Å². The molecule has 0 amide bonds. The Morgan fingerprint density at radius 3 is 1.37 bits per heavy atom. The van der Waals surface area contributed by atoms with Gasteiger partial charge in [-0.25, -0.2) is 0 Å². The molecule has 0 unspecified atom stereocenters. The normalized spacial score (nSPS) is 12.1. The van der Waals surface area contributed by atoms with Crippen LogP contribution in [-0.2, 0) is 18.5 Å². The lowest BCUT2D eigenvalue weighted by Gasteiger charge is -2.23. The van der Waals surface area contributed by atoms with E-state index in [9.17, 15) is 55.3 Å². The van der Waals surface area contributed by atoms with Crippen molar-refractivity contribution >= 4 is 11.1 Å². The summed E-state index contributed by atoms with van der Waals surface area (Å²) in [4.78, 5) is 0. The summed E-state index contributed by atoms with van der Waals surface area (Å²) in [7, 11) is 0. The van der Waals surface area contributed by atoms with E-state index in [1.54, 1.807) is 0 Å². The van der Waals surface area contributed by atoms with Gasteiger partial charge in [-0.3, -0.25) is 0 Å². The monoisotopic (exact) mass is 534 g/mol. The fourth-order valence-electron chi connectivity index (χ4n) is 3.46. The summed E-state index contributed by atoms with van der Waals surface area (Å²) >= 11 is 0. The predicted octanol–water partition coefficient (Wildman–Crippen LogP) is 4.28. The Balaban J connectivity index is 3.52. The van der Waals surface area contributed by atoms with Crippen LogP contribution in [0, 0.1) is 68.0 Å². The fraction of sp³-hybridized carbons (Fsp3) is 0.130. The molecule has 0 bridgehead atoms. The highest BCUT2D eigenvalue weighted by molar-refractivity contribution is 5.83. The summed E-state index contributed by atoms with van der Waals surface area (Å²) in [5.74, 6) is 0. The van der Waals surface area contributed by atoms with Crippen molar-refractivity contribution in [3.8, 4) is 36.4 Å². The quantitative estimate of drug-likeness (QED) is 0.500. The van der Waals surface area contributed by atoms with Crippen LogP contribution >= 0.6 is 0 Å². The first-order chi connectivity index (χ1) is 17.5. The average Bonchev–Trinajstić information content (AvgIpc) is 2.82. The number of nitrogens with zero attached hydrogens (tertiary/aromatic N) is 6. The molecule has 0 heterocycles. The molecule has 188 valence electrons. The Kier molecular flexibility index (Phi) is 7.45. The van der Waals surface area contributed by atoms with Gasteiger partial charge in [0.25, 0.3) is 0 Å². The molecule has 0 fully saturated rings. The van der Waals surface area contributed by atoms with E-state index in [0.29, 0.717) is 18.2 Å². The summed E-state index contributed by atoms with van der Waals surface area (Å²) in [5.41, 5.74) is -16.8. The number of halogens is 9. The van der Waals surface area contributed by atoms with Crippen LogP contribution in [0.2, 0.25) is 0 Å². The van der Waals surface area contributed by atoms with Gasteiger partial charge in [0.2, 0.25) is 0 Å². The molecule has 0 saturated carbocycles. The zero-order chi connectivity index (χ0) is 29.2. The molecule has 2 rings (SSSR count). The molecular weight excluding hydrogens is 531 g/mol. The number of hydrogen-bond acceptors (Lipinski definition) is 6. The maximum Gasteiger partial charge on any atom is 0.418 e. The second-order valence-corrected chi connectivity index (χ2v) is 6.92. The SMILES string of the molecule is N#CC(C#N)=c1cc/c(=C(/C#N)c2cc(C(F)(F)F)c(C#N)c(C(F)(F)F)c2C(F)(F)F)c(C#N)c1C#N. The molecule has 0 aliphatic rings. The van der Waals surface area contributed by atoms with Crippen molar-refractivity contribution in [2.45, 2.75) is 18.5 Å². The molecule has 0 N–H and O–H groups in total.